The Morgan fingerprint density at radius 2 is 2.00 bits per heavy atom. The van der Waals surface area contributed by atoms with E-state index in [0.717, 1.165) is 13.0 Å². The third-order valence-corrected chi connectivity index (χ3v) is 3.64. The quantitative estimate of drug-likeness (QED) is 0.565. The highest BCUT2D eigenvalue weighted by Crippen LogP contribution is 2.44. The summed E-state index contributed by atoms with van der Waals surface area (Å²) in [7, 11) is 0. The standard InChI is InChI=1S/C12H15NO2/c14-10-5-8-4-7-2-1-3-13-12(7)9(8)6-11(10)15/h5-7,12-15H,1-4H2. The molecule has 1 aromatic rings. The Hall–Kier alpha value is -1.22. The molecule has 0 radical (unpaired) electrons. The molecule has 0 saturated carbocycles. The van der Waals surface area contributed by atoms with Crippen molar-refractivity contribution in [1.29, 1.82) is 0 Å². The minimum atomic E-state index is 0.00164. The summed E-state index contributed by atoms with van der Waals surface area (Å²) >= 11 is 0. The van der Waals surface area contributed by atoms with E-state index in [9.17, 15) is 10.2 Å². The van der Waals surface area contributed by atoms with Crippen LogP contribution in [0, 0.1) is 5.92 Å². The normalized spacial score (nSPS) is 28.5. The van der Waals surface area contributed by atoms with Gasteiger partial charge in [0.2, 0.25) is 0 Å². The van der Waals surface area contributed by atoms with Gasteiger partial charge >= 0.3 is 0 Å². The Bertz CT molecular complexity index is 403. The lowest BCUT2D eigenvalue weighted by molar-refractivity contribution is 0.306. The maximum Gasteiger partial charge on any atom is 0.157 e. The van der Waals surface area contributed by atoms with Crippen LogP contribution in [0.3, 0.4) is 0 Å². The second-order valence-electron chi connectivity index (χ2n) is 4.58. The number of benzene rings is 1. The van der Waals surface area contributed by atoms with Gasteiger partial charge in [0.05, 0.1) is 0 Å². The molecule has 3 heteroatoms. The van der Waals surface area contributed by atoms with E-state index in [1.807, 2.05) is 0 Å². The highest BCUT2D eigenvalue weighted by molar-refractivity contribution is 5.49. The topological polar surface area (TPSA) is 52.5 Å². The van der Waals surface area contributed by atoms with Gasteiger partial charge in [0.25, 0.3) is 0 Å². The molecule has 15 heavy (non-hydrogen) atoms. The Morgan fingerprint density at radius 1 is 1.20 bits per heavy atom. The minimum Gasteiger partial charge on any atom is -0.504 e. The van der Waals surface area contributed by atoms with Gasteiger partial charge in [0.1, 0.15) is 0 Å². The van der Waals surface area contributed by atoms with Gasteiger partial charge in [-0.3, -0.25) is 0 Å². The molecule has 1 aromatic carbocycles. The van der Waals surface area contributed by atoms with E-state index in [2.05, 4.69) is 5.32 Å². The number of phenols is 2. The fraction of sp³-hybridized carbons (Fsp3) is 0.500. The highest BCUT2D eigenvalue weighted by Gasteiger charge is 2.34. The Balaban J connectivity index is 2.04. The molecule has 1 aliphatic carbocycles. The first-order chi connectivity index (χ1) is 7.25. The molecule has 0 amide bonds. The van der Waals surface area contributed by atoms with E-state index in [4.69, 9.17) is 0 Å². The van der Waals surface area contributed by atoms with Crippen molar-refractivity contribution >= 4 is 0 Å². The zero-order valence-electron chi connectivity index (χ0n) is 8.53. The van der Waals surface area contributed by atoms with Crippen LogP contribution in [-0.2, 0) is 6.42 Å². The van der Waals surface area contributed by atoms with Gasteiger partial charge in [-0.05, 0) is 55.0 Å². The molecule has 2 aliphatic rings. The fourth-order valence-electron chi connectivity index (χ4n) is 2.92. The predicted octanol–water partition coefficient (Wildman–Crippen LogP) is 1.69. The van der Waals surface area contributed by atoms with Crippen molar-refractivity contribution in [1.82, 2.24) is 5.32 Å². The second kappa shape index (κ2) is 3.14. The molecule has 3 rings (SSSR count). The number of aromatic hydroxyl groups is 2. The average molecular weight is 205 g/mol. The van der Waals surface area contributed by atoms with Crippen molar-refractivity contribution in [3.05, 3.63) is 23.3 Å². The van der Waals surface area contributed by atoms with Crippen LogP contribution in [0.1, 0.15) is 30.0 Å². The lowest BCUT2D eigenvalue weighted by Crippen LogP contribution is -2.31. The lowest BCUT2D eigenvalue weighted by Gasteiger charge is -2.27. The zero-order valence-corrected chi connectivity index (χ0v) is 8.53. The van der Waals surface area contributed by atoms with Crippen molar-refractivity contribution < 1.29 is 10.2 Å². The summed E-state index contributed by atoms with van der Waals surface area (Å²) in [6.07, 6.45) is 3.50. The minimum absolute atomic E-state index is 0.00164. The molecule has 80 valence electrons. The molecule has 2 atom stereocenters. The zero-order chi connectivity index (χ0) is 10.4. The second-order valence-corrected chi connectivity index (χ2v) is 4.58. The average Bonchev–Trinajstić information content (AvgIpc) is 2.57. The van der Waals surface area contributed by atoms with Gasteiger partial charge in [-0.2, -0.15) is 0 Å². The molecule has 3 N–H and O–H groups in total. The number of rotatable bonds is 0. The fourth-order valence-corrected chi connectivity index (χ4v) is 2.92. The molecule has 1 aliphatic heterocycles. The molecular weight excluding hydrogens is 190 g/mol. The van der Waals surface area contributed by atoms with Crippen molar-refractivity contribution in [2.75, 3.05) is 6.54 Å². The van der Waals surface area contributed by atoms with Crippen LogP contribution >= 0.6 is 0 Å². The third kappa shape index (κ3) is 1.30. The summed E-state index contributed by atoms with van der Waals surface area (Å²) in [6.45, 7) is 1.06. The number of hydrogen-bond donors (Lipinski definition) is 3. The summed E-state index contributed by atoms with van der Waals surface area (Å²) < 4.78 is 0. The lowest BCUT2D eigenvalue weighted by atomic mass is 9.92. The SMILES string of the molecule is Oc1cc2c(cc1O)C1NCCCC1C2. The van der Waals surface area contributed by atoms with E-state index < -0.39 is 0 Å². The summed E-state index contributed by atoms with van der Waals surface area (Å²) in [5, 5.41) is 22.4. The summed E-state index contributed by atoms with van der Waals surface area (Å²) in [5.74, 6) is 0.657. The first-order valence-electron chi connectivity index (χ1n) is 5.54. The van der Waals surface area contributed by atoms with Gasteiger partial charge in [-0.15, -0.1) is 0 Å². The van der Waals surface area contributed by atoms with E-state index >= 15 is 0 Å². The maximum atomic E-state index is 9.50. The van der Waals surface area contributed by atoms with E-state index in [-0.39, 0.29) is 11.5 Å². The summed E-state index contributed by atoms with van der Waals surface area (Å²) in [6, 6.07) is 3.82. The van der Waals surface area contributed by atoms with Crippen LogP contribution in [0.25, 0.3) is 0 Å². The number of phenolic OH excluding ortho intramolecular Hbond substituents is 2. The number of piperidine rings is 1. The van der Waals surface area contributed by atoms with Gasteiger partial charge in [-0.25, -0.2) is 0 Å². The molecule has 0 aromatic heterocycles. The number of fused-ring (bicyclic) bond motifs is 3. The van der Waals surface area contributed by atoms with Crippen LogP contribution < -0.4 is 5.32 Å². The monoisotopic (exact) mass is 205 g/mol. The molecule has 0 spiro atoms. The van der Waals surface area contributed by atoms with Gasteiger partial charge < -0.3 is 15.5 Å². The first kappa shape index (κ1) is 9.04. The molecule has 3 nitrogen and oxygen atoms in total. The molecule has 1 heterocycles. The third-order valence-electron chi connectivity index (χ3n) is 3.64. The van der Waals surface area contributed by atoms with Crippen LogP contribution in [-0.4, -0.2) is 16.8 Å². The van der Waals surface area contributed by atoms with Crippen LogP contribution in [0.4, 0.5) is 0 Å². The van der Waals surface area contributed by atoms with Gasteiger partial charge in [0.15, 0.2) is 11.5 Å². The highest BCUT2D eigenvalue weighted by atomic mass is 16.3. The van der Waals surface area contributed by atoms with Crippen LogP contribution in [0.15, 0.2) is 12.1 Å². The summed E-state index contributed by atoms with van der Waals surface area (Å²) in [4.78, 5) is 0. The number of hydrogen-bond acceptors (Lipinski definition) is 3. The largest absolute Gasteiger partial charge is 0.504 e. The van der Waals surface area contributed by atoms with E-state index in [1.165, 1.54) is 24.0 Å². The Labute approximate surface area is 88.7 Å². The number of nitrogens with one attached hydrogen (secondary N) is 1. The van der Waals surface area contributed by atoms with E-state index in [1.54, 1.807) is 12.1 Å². The Kier molecular flexibility index (Phi) is 1.89. The smallest absolute Gasteiger partial charge is 0.157 e. The molecule has 2 unspecified atom stereocenters. The van der Waals surface area contributed by atoms with Crippen LogP contribution in [0.5, 0.6) is 11.5 Å². The van der Waals surface area contributed by atoms with E-state index in [0.29, 0.717) is 12.0 Å². The molecule has 1 saturated heterocycles. The maximum absolute atomic E-state index is 9.50. The summed E-state index contributed by atoms with van der Waals surface area (Å²) in [5.41, 5.74) is 2.37. The van der Waals surface area contributed by atoms with Gasteiger partial charge in [0, 0.05) is 6.04 Å². The van der Waals surface area contributed by atoms with Crippen molar-refractivity contribution in [2.24, 2.45) is 5.92 Å². The predicted molar refractivity (Wildman–Crippen MR) is 56.9 cm³/mol. The molecule has 1 fully saturated rings. The first-order valence-corrected chi connectivity index (χ1v) is 5.54. The van der Waals surface area contributed by atoms with Crippen molar-refractivity contribution in [3.63, 3.8) is 0 Å². The Morgan fingerprint density at radius 3 is 2.87 bits per heavy atom. The van der Waals surface area contributed by atoms with Crippen molar-refractivity contribution in [3.8, 4) is 11.5 Å². The van der Waals surface area contributed by atoms with Crippen molar-refractivity contribution in [2.45, 2.75) is 25.3 Å². The molecule has 0 bridgehead atoms. The van der Waals surface area contributed by atoms with Gasteiger partial charge in [-0.1, -0.05) is 0 Å². The van der Waals surface area contributed by atoms with Crippen LogP contribution in [0.2, 0.25) is 0 Å². The molecular formula is C12H15NO2.